The van der Waals surface area contributed by atoms with Gasteiger partial charge in [-0.25, -0.2) is 0 Å². The van der Waals surface area contributed by atoms with Gasteiger partial charge in [-0.05, 0) is 41.9 Å². The molecule has 1 aromatic carbocycles. The number of anilines is 2. The number of rotatable bonds is 4. The van der Waals surface area contributed by atoms with Gasteiger partial charge in [0.15, 0.2) is 19.9 Å². The molecular weight excluding hydrogens is 378 g/mol. The minimum absolute atomic E-state index is 0.0643. The maximum atomic E-state index is 12.8. The monoisotopic (exact) mass is 405 g/mol. The maximum Gasteiger partial charge on any atom is 0.192 e. The molecule has 0 N–H and O–H groups in total. The normalized spacial score (nSPS) is 14.8. The van der Waals surface area contributed by atoms with Gasteiger partial charge in [0, 0.05) is 30.4 Å². The Hall–Kier alpha value is -1.63. The van der Waals surface area contributed by atoms with Crippen LogP contribution >= 0.6 is 11.6 Å². The number of ketones is 1. The van der Waals surface area contributed by atoms with Crippen molar-refractivity contribution in [1.29, 1.82) is 0 Å². The SMILES string of the molecule is CN1c2ccc(Cl)cc2CC(=O)c2cn(CCO[Si](C)(C)C(C)(C)C)nc21. The minimum atomic E-state index is -1.79. The molecule has 0 bridgehead atoms. The number of hydrogen-bond acceptors (Lipinski definition) is 4. The van der Waals surface area contributed by atoms with Crippen molar-refractivity contribution in [3.63, 3.8) is 0 Å². The number of fused-ring (bicyclic) bond motifs is 2. The van der Waals surface area contributed by atoms with Crippen molar-refractivity contribution in [2.24, 2.45) is 0 Å². The second-order valence-electron chi connectivity index (χ2n) is 8.67. The summed E-state index contributed by atoms with van der Waals surface area (Å²) in [4.78, 5) is 14.7. The maximum absolute atomic E-state index is 12.8. The molecule has 146 valence electrons. The van der Waals surface area contributed by atoms with Gasteiger partial charge in [-0.15, -0.1) is 0 Å². The molecule has 0 saturated carbocycles. The summed E-state index contributed by atoms with van der Waals surface area (Å²) in [5, 5.41) is 5.49. The van der Waals surface area contributed by atoms with Gasteiger partial charge in [-0.3, -0.25) is 9.48 Å². The third-order valence-corrected chi connectivity index (χ3v) is 10.5. The molecule has 27 heavy (non-hydrogen) atoms. The van der Waals surface area contributed by atoms with Crippen molar-refractivity contribution in [3.8, 4) is 0 Å². The first-order valence-electron chi connectivity index (χ1n) is 9.26. The lowest BCUT2D eigenvalue weighted by molar-refractivity contribution is 0.0994. The molecule has 1 aromatic heterocycles. The van der Waals surface area contributed by atoms with E-state index in [-0.39, 0.29) is 10.8 Å². The van der Waals surface area contributed by atoms with Crippen LogP contribution in [0.25, 0.3) is 0 Å². The lowest BCUT2D eigenvalue weighted by atomic mass is 10.1. The lowest BCUT2D eigenvalue weighted by Gasteiger charge is -2.36. The summed E-state index contributed by atoms with van der Waals surface area (Å²) in [5.74, 6) is 0.753. The van der Waals surface area contributed by atoms with E-state index in [0.717, 1.165) is 11.3 Å². The molecule has 0 amide bonds. The predicted octanol–water partition coefficient (Wildman–Crippen LogP) is 5.07. The summed E-state index contributed by atoms with van der Waals surface area (Å²) >= 11 is 6.10. The topological polar surface area (TPSA) is 47.4 Å². The van der Waals surface area contributed by atoms with E-state index in [9.17, 15) is 4.79 Å². The summed E-state index contributed by atoms with van der Waals surface area (Å²) in [7, 11) is 0.149. The molecule has 0 saturated heterocycles. The smallest absolute Gasteiger partial charge is 0.192 e. The number of carbonyl (C=O) groups excluding carboxylic acids is 1. The Balaban J connectivity index is 1.80. The predicted molar refractivity (Wildman–Crippen MR) is 113 cm³/mol. The summed E-state index contributed by atoms with van der Waals surface area (Å²) in [6.45, 7) is 12.4. The number of hydrogen-bond donors (Lipinski definition) is 0. The Morgan fingerprint density at radius 2 is 2.00 bits per heavy atom. The quantitative estimate of drug-likeness (QED) is 0.666. The third kappa shape index (κ3) is 3.98. The molecule has 0 atom stereocenters. The van der Waals surface area contributed by atoms with E-state index in [0.29, 0.717) is 36.0 Å². The van der Waals surface area contributed by atoms with Crippen LogP contribution in [0.4, 0.5) is 11.5 Å². The molecule has 0 radical (unpaired) electrons. The zero-order chi connectivity index (χ0) is 20.0. The van der Waals surface area contributed by atoms with E-state index in [1.807, 2.05) is 41.0 Å². The van der Waals surface area contributed by atoms with Crippen LogP contribution in [0.2, 0.25) is 23.2 Å². The molecule has 1 aliphatic rings. The van der Waals surface area contributed by atoms with Gasteiger partial charge in [0.25, 0.3) is 0 Å². The van der Waals surface area contributed by atoms with E-state index >= 15 is 0 Å². The molecule has 0 unspecified atom stereocenters. The Kier molecular flexibility index (Phi) is 5.27. The highest BCUT2D eigenvalue weighted by Crippen LogP contribution is 2.37. The Morgan fingerprint density at radius 1 is 1.30 bits per heavy atom. The van der Waals surface area contributed by atoms with Crippen molar-refractivity contribution >= 4 is 37.2 Å². The van der Waals surface area contributed by atoms with Gasteiger partial charge in [0.05, 0.1) is 18.7 Å². The zero-order valence-electron chi connectivity index (χ0n) is 17.0. The number of Topliss-reactive ketones (excluding diaryl/α,β-unsaturated/α-hetero) is 1. The number of nitrogens with zero attached hydrogens (tertiary/aromatic N) is 3. The highest BCUT2D eigenvalue weighted by molar-refractivity contribution is 6.74. The molecule has 2 aromatic rings. The molecule has 0 fully saturated rings. The van der Waals surface area contributed by atoms with Crippen LogP contribution in [0.1, 0.15) is 36.7 Å². The van der Waals surface area contributed by atoms with E-state index in [2.05, 4.69) is 39.0 Å². The van der Waals surface area contributed by atoms with Crippen LogP contribution in [-0.2, 0) is 17.4 Å². The number of carbonyl (C=O) groups is 1. The first-order chi connectivity index (χ1) is 12.5. The molecule has 7 heteroatoms. The molecule has 1 aliphatic heterocycles. The first kappa shape index (κ1) is 20.1. The summed E-state index contributed by atoms with van der Waals surface area (Å²) in [5.41, 5.74) is 2.55. The Morgan fingerprint density at radius 3 is 2.67 bits per heavy atom. The number of aromatic nitrogens is 2. The minimum Gasteiger partial charge on any atom is -0.415 e. The second-order valence-corrected chi connectivity index (χ2v) is 13.9. The number of benzene rings is 1. The average molecular weight is 406 g/mol. The van der Waals surface area contributed by atoms with Gasteiger partial charge in [0.2, 0.25) is 0 Å². The molecular formula is C20H28ClN3O2Si. The van der Waals surface area contributed by atoms with E-state index in [4.69, 9.17) is 16.0 Å². The fraction of sp³-hybridized carbons (Fsp3) is 0.500. The molecule has 5 nitrogen and oxygen atoms in total. The van der Waals surface area contributed by atoms with Gasteiger partial charge in [-0.2, -0.15) is 5.10 Å². The van der Waals surface area contributed by atoms with Crippen LogP contribution in [0.3, 0.4) is 0 Å². The molecule has 0 aliphatic carbocycles. The zero-order valence-corrected chi connectivity index (χ0v) is 18.7. The molecule has 0 spiro atoms. The van der Waals surface area contributed by atoms with Crippen molar-refractivity contribution in [3.05, 3.63) is 40.5 Å². The van der Waals surface area contributed by atoms with Crippen LogP contribution in [0.15, 0.2) is 24.4 Å². The summed E-state index contributed by atoms with van der Waals surface area (Å²) in [6, 6.07) is 5.65. The first-order valence-corrected chi connectivity index (χ1v) is 12.5. The largest absolute Gasteiger partial charge is 0.415 e. The lowest BCUT2D eigenvalue weighted by Crippen LogP contribution is -2.41. The average Bonchev–Trinajstić information content (AvgIpc) is 2.94. The van der Waals surface area contributed by atoms with Crippen LogP contribution < -0.4 is 4.90 Å². The van der Waals surface area contributed by atoms with Crippen LogP contribution in [0, 0.1) is 0 Å². The molecule has 2 heterocycles. The van der Waals surface area contributed by atoms with Crippen LogP contribution in [0.5, 0.6) is 0 Å². The van der Waals surface area contributed by atoms with Crippen molar-refractivity contribution in [2.75, 3.05) is 18.6 Å². The van der Waals surface area contributed by atoms with Gasteiger partial charge < -0.3 is 9.33 Å². The Labute approximate surface area is 167 Å². The summed E-state index contributed by atoms with van der Waals surface area (Å²) in [6.07, 6.45) is 2.18. The van der Waals surface area contributed by atoms with Gasteiger partial charge in [-0.1, -0.05) is 32.4 Å². The highest BCUT2D eigenvalue weighted by atomic mass is 35.5. The van der Waals surface area contributed by atoms with Gasteiger partial charge >= 0.3 is 0 Å². The fourth-order valence-corrected chi connectivity index (χ4v) is 4.22. The Bertz CT molecular complexity index is 871. The van der Waals surface area contributed by atoms with Gasteiger partial charge in [0.1, 0.15) is 0 Å². The summed E-state index contributed by atoms with van der Waals surface area (Å²) < 4.78 is 8.07. The van der Waals surface area contributed by atoms with E-state index < -0.39 is 8.32 Å². The highest BCUT2D eigenvalue weighted by Gasteiger charge is 2.37. The van der Waals surface area contributed by atoms with E-state index in [1.54, 1.807) is 0 Å². The van der Waals surface area contributed by atoms with Crippen molar-refractivity contribution in [1.82, 2.24) is 9.78 Å². The third-order valence-electron chi connectivity index (χ3n) is 5.70. The van der Waals surface area contributed by atoms with Crippen molar-refractivity contribution < 1.29 is 9.22 Å². The fourth-order valence-electron chi connectivity index (χ4n) is 2.99. The standard InChI is InChI=1S/C20H28ClN3O2Si/c1-20(2,3)27(5,6)26-10-9-24-13-16-18(25)12-14-11-15(21)7-8-17(14)23(4)19(16)22-24/h7-8,11,13H,9-10,12H2,1-6H3. The second kappa shape index (κ2) is 7.07. The number of halogens is 1. The van der Waals surface area contributed by atoms with E-state index in [1.165, 1.54) is 0 Å². The molecule has 3 rings (SSSR count). The van der Waals surface area contributed by atoms with Crippen LogP contribution in [-0.4, -0.2) is 37.5 Å². The van der Waals surface area contributed by atoms with Crippen molar-refractivity contribution in [2.45, 2.75) is 51.9 Å².